The van der Waals surface area contributed by atoms with Crippen LogP contribution in [0.3, 0.4) is 0 Å². The highest BCUT2D eigenvalue weighted by atomic mass is 32.1. The van der Waals surface area contributed by atoms with Crippen LogP contribution in [-0.4, -0.2) is 31.3 Å². The van der Waals surface area contributed by atoms with Gasteiger partial charge in [-0.1, -0.05) is 24.3 Å². The van der Waals surface area contributed by atoms with Crippen molar-refractivity contribution in [1.82, 2.24) is 4.98 Å². The third kappa shape index (κ3) is 3.14. The predicted molar refractivity (Wildman–Crippen MR) is 96.6 cm³/mol. The van der Waals surface area contributed by atoms with Crippen molar-refractivity contribution in [2.24, 2.45) is 0 Å². The summed E-state index contributed by atoms with van der Waals surface area (Å²) >= 11 is 1.75. The van der Waals surface area contributed by atoms with Crippen LogP contribution in [0.2, 0.25) is 0 Å². The van der Waals surface area contributed by atoms with E-state index in [1.807, 2.05) is 6.07 Å². The number of benzene rings is 2. The van der Waals surface area contributed by atoms with Gasteiger partial charge in [0, 0.05) is 24.4 Å². The fourth-order valence-electron chi connectivity index (χ4n) is 3.04. The lowest BCUT2D eigenvalue weighted by atomic mass is 10.0. The Morgan fingerprint density at radius 3 is 2.75 bits per heavy atom. The molecule has 124 valence electrons. The number of fused-ring (bicyclic) bond motifs is 1. The van der Waals surface area contributed by atoms with Gasteiger partial charge in [-0.2, -0.15) is 0 Å². The van der Waals surface area contributed by atoms with Crippen LogP contribution >= 0.6 is 11.3 Å². The van der Waals surface area contributed by atoms with E-state index in [0.717, 1.165) is 59.9 Å². The van der Waals surface area contributed by atoms with Gasteiger partial charge in [0.25, 0.3) is 0 Å². The molecule has 1 aliphatic rings. The molecule has 0 saturated carbocycles. The number of halogens is 1. The lowest BCUT2D eigenvalue weighted by molar-refractivity contribution is 0.122. The van der Waals surface area contributed by atoms with Crippen molar-refractivity contribution in [2.45, 2.75) is 13.3 Å². The summed E-state index contributed by atoms with van der Waals surface area (Å²) in [6, 6.07) is 11.1. The number of thiazole rings is 1. The average molecular weight is 342 g/mol. The molecule has 5 heteroatoms. The first kappa shape index (κ1) is 15.5. The van der Waals surface area contributed by atoms with Crippen LogP contribution in [0.4, 0.5) is 9.52 Å². The predicted octanol–water partition coefficient (Wildman–Crippen LogP) is 4.17. The first-order chi connectivity index (χ1) is 11.7. The number of anilines is 1. The molecule has 0 unspecified atom stereocenters. The van der Waals surface area contributed by atoms with E-state index >= 15 is 0 Å². The molecule has 0 aliphatic carbocycles. The van der Waals surface area contributed by atoms with E-state index in [0.29, 0.717) is 0 Å². The molecule has 1 fully saturated rings. The van der Waals surface area contributed by atoms with E-state index in [9.17, 15) is 4.39 Å². The van der Waals surface area contributed by atoms with Gasteiger partial charge in [0.05, 0.1) is 18.9 Å². The highest BCUT2D eigenvalue weighted by molar-refractivity contribution is 7.15. The van der Waals surface area contributed by atoms with Crippen LogP contribution in [0.25, 0.3) is 10.8 Å². The van der Waals surface area contributed by atoms with E-state index in [-0.39, 0.29) is 5.82 Å². The van der Waals surface area contributed by atoms with Crippen LogP contribution < -0.4 is 4.90 Å². The summed E-state index contributed by atoms with van der Waals surface area (Å²) in [4.78, 5) is 8.38. The molecule has 1 saturated heterocycles. The van der Waals surface area contributed by atoms with Crippen molar-refractivity contribution in [3.8, 4) is 0 Å². The lowest BCUT2D eigenvalue weighted by Crippen LogP contribution is -2.36. The lowest BCUT2D eigenvalue weighted by Gasteiger charge is -2.26. The number of nitrogens with zero attached hydrogens (tertiary/aromatic N) is 2. The number of rotatable bonds is 3. The summed E-state index contributed by atoms with van der Waals surface area (Å²) in [6.07, 6.45) is 0.777. The molecule has 1 aromatic heterocycles. The van der Waals surface area contributed by atoms with Gasteiger partial charge >= 0.3 is 0 Å². The second-order valence-corrected chi connectivity index (χ2v) is 7.28. The Bertz CT molecular complexity index is 871. The summed E-state index contributed by atoms with van der Waals surface area (Å²) in [5.41, 5.74) is 2.27. The maximum absolute atomic E-state index is 13.4. The number of hydrogen-bond donors (Lipinski definition) is 0. The zero-order valence-corrected chi connectivity index (χ0v) is 14.4. The SMILES string of the molecule is Cc1sc(N2CCOCC2)nc1Cc1ccc2ccc(F)cc2c1. The largest absolute Gasteiger partial charge is 0.378 e. The van der Waals surface area contributed by atoms with Crippen LogP contribution in [-0.2, 0) is 11.2 Å². The molecule has 1 aliphatic heterocycles. The van der Waals surface area contributed by atoms with E-state index < -0.39 is 0 Å². The molecule has 24 heavy (non-hydrogen) atoms. The molecule has 0 amide bonds. The summed E-state index contributed by atoms with van der Waals surface area (Å²) in [7, 11) is 0. The Balaban J connectivity index is 1.59. The fraction of sp³-hybridized carbons (Fsp3) is 0.316. The zero-order valence-electron chi connectivity index (χ0n) is 13.6. The Morgan fingerprint density at radius 1 is 1.12 bits per heavy atom. The highest BCUT2D eigenvalue weighted by Gasteiger charge is 2.17. The minimum atomic E-state index is -0.195. The monoisotopic (exact) mass is 342 g/mol. The van der Waals surface area contributed by atoms with E-state index in [1.165, 1.54) is 10.9 Å². The second kappa shape index (κ2) is 6.49. The highest BCUT2D eigenvalue weighted by Crippen LogP contribution is 2.28. The molecule has 3 aromatic rings. The van der Waals surface area contributed by atoms with Crippen LogP contribution in [0.15, 0.2) is 36.4 Å². The van der Waals surface area contributed by atoms with E-state index in [4.69, 9.17) is 9.72 Å². The quantitative estimate of drug-likeness (QED) is 0.714. The Labute approximate surface area is 144 Å². The smallest absolute Gasteiger partial charge is 0.185 e. The molecule has 0 bridgehead atoms. The molecule has 0 atom stereocenters. The third-order valence-electron chi connectivity index (χ3n) is 4.40. The van der Waals surface area contributed by atoms with Gasteiger partial charge in [-0.15, -0.1) is 11.3 Å². The van der Waals surface area contributed by atoms with Crippen molar-refractivity contribution in [3.05, 3.63) is 58.3 Å². The number of aryl methyl sites for hydroxylation is 1. The standard InChI is InChI=1S/C19H19FN2OS/c1-13-18(21-19(24-13)22-6-8-23-9-7-22)11-14-2-3-15-4-5-17(20)12-16(15)10-14/h2-5,10,12H,6-9,11H2,1H3. The maximum Gasteiger partial charge on any atom is 0.185 e. The average Bonchev–Trinajstić information content (AvgIpc) is 2.96. The third-order valence-corrected chi connectivity index (χ3v) is 5.48. The Hall–Kier alpha value is -1.98. The Kier molecular flexibility index (Phi) is 4.21. The van der Waals surface area contributed by atoms with Crippen LogP contribution in [0, 0.1) is 12.7 Å². The minimum Gasteiger partial charge on any atom is -0.378 e. The first-order valence-electron chi connectivity index (χ1n) is 8.16. The van der Waals surface area contributed by atoms with Gasteiger partial charge < -0.3 is 9.64 Å². The maximum atomic E-state index is 13.4. The van der Waals surface area contributed by atoms with Gasteiger partial charge in [-0.3, -0.25) is 0 Å². The van der Waals surface area contributed by atoms with Crippen molar-refractivity contribution >= 4 is 27.2 Å². The second-order valence-electron chi connectivity index (χ2n) is 6.10. The van der Waals surface area contributed by atoms with Gasteiger partial charge in [0.1, 0.15) is 5.82 Å². The molecule has 3 nitrogen and oxygen atoms in total. The molecule has 0 N–H and O–H groups in total. The van der Waals surface area contributed by atoms with Gasteiger partial charge in [-0.05, 0) is 35.4 Å². The zero-order chi connectivity index (χ0) is 16.5. The normalized spacial score (nSPS) is 15.2. The van der Waals surface area contributed by atoms with Crippen molar-refractivity contribution in [3.63, 3.8) is 0 Å². The molecular formula is C19H19FN2OS. The first-order valence-corrected chi connectivity index (χ1v) is 8.98. The van der Waals surface area contributed by atoms with E-state index in [2.05, 4.69) is 30.0 Å². The van der Waals surface area contributed by atoms with Crippen molar-refractivity contribution in [2.75, 3.05) is 31.2 Å². The molecular weight excluding hydrogens is 323 g/mol. The molecule has 2 aromatic carbocycles. The van der Waals surface area contributed by atoms with Crippen molar-refractivity contribution < 1.29 is 9.13 Å². The molecule has 0 spiro atoms. The topological polar surface area (TPSA) is 25.4 Å². The summed E-state index contributed by atoms with van der Waals surface area (Å²) in [5, 5.41) is 3.08. The minimum absolute atomic E-state index is 0.195. The molecule has 4 rings (SSSR count). The Morgan fingerprint density at radius 2 is 1.92 bits per heavy atom. The molecule has 2 heterocycles. The van der Waals surface area contributed by atoms with Crippen molar-refractivity contribution in [1.29, 1.82) is 0 Å². The van der Waals surface area contributed by atoms with E-state index in [1.54, 1.807) is 17.4 Å². The number of morpholine rings is 1. The molecule has 0 radical (unpaired) electrons. The summed E-state index contributed by atoms with van der Waals surface area (Å²) in [5.74, 6) is -0.195. The number of aromatic nitrogens is 1. The van der Waals surface area contributed by atoms with Gasteiger partial charge in [-0.25, -0.2) is 9.37 Å². The summed E-state index contributed by atoms with van der Waals surface area (Å²) in [6.45, 7) is 5.47. The van der Waals surface area contributed by atoms with Crippen LogP contribution in [0.5, 0.6) is 0 Å². The van der Waals surface area contributed by atoms with Gasteiger partial charge in [0.2, 0.25) is 0 Å². The fourth-order valence-corrected chi connectivity index (χ4v) is 4.01. The van der Waals surface area contributed by atoms with Gasteiger partial charge in [0.15, 0.2) is 5.13 Å². The van der Waals surface area contributed by atoms with Crippen LogP contribution in [0.1, 0.15) is 16.1 Å². The number of ether oxygens (including phenoxy) is 1. The number of hydrogen-bond acceptors (Lipinski definition) is 4. The summed E-state index contributed by atoms with van der Waals surface area (Å²) < 4.78 is 18.9.